The smallest absolute Gasteiger partial charge is 0.240 e. The van der Waals surface area contributed by atoms with Crippen molar-refractivity contribution < 1.29 is 13.2 Å². The minimum atomic E-state index is -3.59. The predicted octanol–water partition coefficient (Wildman–Crippen LogP) is 3.90. The second kappa shape index (κ2) is 8.44. The fraction of sp³-hybridized carbons (Fsp3) is 0.105. The van der Waals surface area contributed by atoms with E-state index in [0.29, 0.717) is 17.0 Å². The molecular formula is C19H17BrN2O3S. The topological polar surface area (TPSA) is 68.3 Å². The standard InChI is InChI=1S/C19H17BrN2O3S/c20-17-7-4-8-18(12-17)26(23,24)22-13-16-9-10-21-19(11-16)25-14-15-5-2-1-3-6-15/h1-12,22H,13-14H2. The minimum Gasteiger partial charge on any atom is -0.473 e. The normalized spacial score (nSPS) is 11.3. The van der Waals surface area contributed by atoms with Crippen LogP contribution in [0, 0.1) is 0 Å². The number of benzene rings is 2. The molecule has 0 saturated heterocycles. The van der Waals surface area contributed by atoms with Gasteiger partial charge in [0.15, 0.2) is 0 Å². The van der Waals surface area contributed by atoms with Gasteiger partial charge in [-0.1, -0.05) is 52.3 Å². The van der Waals surface area contributed by atoms with Gasteiger partial charge in [0.1, 0.15) is 6.61 Å². The molecule has 3 aromatic rings. The molecule has 1 aromatic heterocycles. The number of sulfonamides is 1. The maximum Gasteiger partial charge on any atom is 0.240 e. The van der Waals surface area contributed by atoms with Crippen molar-refractivity contribution in [1.82, 2.24) is 9.71 Å². The van der Waals surface area contributed by atoms with Gasteiger partial charge in [0.05, 0.1) is 4.90 Å². The molecule has 0 aliphatic carbocycles. The zero-order chi connectivity index (χ0) is 18.4. The number of halogens is 1. The van der Waals surface area contributed by atoms with Gasteiger partial charge in [-0.2, -0.15) is 0 Å². The van der Waals surface area contributed by atoms with Gasteiger partial charge in [-0.05, 0) is 35.4 Å². The molecule has 0 saturated carbocycles. The zero-order valence-electron chi connectivity index (χ0n) is 13.8. The van der Waals surface area contributed by atoms with E-state index in [9.17, 15) is 8.42 Å². The molecule has 5 nitrogen and oxygen atoms in total. The zero-order valence-corrected chi connectivity index (χ0v) is 16.2. The van der Waals surface area contributed by atoms with Crippen LogP contribution in [0.15, 0.2) is 82.3 Å². The molecule has 0 bridgehead atoms. The SMILES string of the molecule is O=S(=O)(NCc1ccnc(OCc2ccccc2)c1)c1cccc(Br)c1. The lowest BCUT2D eigenvalue weighted by atomic mass is 10.2. The first-order valence-electron chi connectivity index (χ1n) is 7.90. The van der Waals surface area contributed by atoms with Crippen LogP contribution in [0.1, 0.15) is 11.1 Å². The highest BCUT2D eigenvalue weighted by Crippen LogP contribution is 2.17. The van der Waals surface area contributed by atoms with Crippen LogP contribution in [0.4, 0.5) is 0 Å². The molecule has 0 fully saturated rings. The number of nitrogens with one attached hydrogen (secondary N) is 1. The molecular weight excluding hydrogens is 416 g/mol. The summed E-state index contributed by atoms with van der Waals surface area (Å²) in [5.74, 6) is 0.452. The Labute approximate surface area is 161 Å². The lowest BCUT2D eigenvalue weighted by molar-refractivity contribution is 0.293. The number of hydrogen-bond donors (Lipinski definition) is 1. The van der Waals surface area contributed by atoms with E-state index in [2.05, 4.69) is 25.6 Å². The van der Waals surface area contributed by atoms with Gasteiger partial charge >= 0.3 is 0 Å². The highest BCUT2D eigenvalue weighted by Gasteiger charge is 2.14. The summed E-state index contributed by atoms with van der Waals surface area (Å²) in [6.07, 6.45) is 1.60. The van der Waals surface area contributed by atoms with Crippen LogP contribution < -0.4 is 9.46 Å². The number of nitrogens with zero attached hydrogens (tertiary/aromatic N) is 1. The molecule has 2 aromatic carbocycles. The third-order valence-electron chi connectivity index (χ3n) is 3.60. The molecule has 7 heteroatoms. The van der Waals surface area contributed by atoms with Gasteiger partial charge in [-0.25, -0.2) is 18.1 Å². The van der Waals surface area contributed by atoms with Crippen molar-refractivity contribution in [2.24, 2.45) is 0 Å². The Morgan fingerprint density at radius 1 is 0.962 bits per heavy atom. The van der Waals surface area contributed by atoms with Crippen molar-refractivity contribution >= 4 is 26.0 Å². The summed E-state index contributed by atoms with van der Waals surface area (Å²) in [5.41, 5.74) is 1.80. The molecule has 0 spiro atoms. The first-order chi connectivity index (χ1) is 12.5. The summed E-state index contributed by atoms with van der Waals surface area (Å²) in [5, 5.41) is 0. The summed E-state index contributed by atoms with van der Waals surface area (Å²) in [7, 11) is -3.59. The molecule has 0 amide bonds. The Morgan fingerprint density at radius 2 is 1.77 bits per heavy atom. The van der Waals surface area contributed by atoms with Gasteiger partial charge in [0, 0.05) is 23.3 Å². The van der Waals surface area contributed by atoms with Crippen LogP contribution in [0.3, 0.4) is 0 Å². The Balaban J connectivity index is 1.63. The van der Waals surface area contributed by atoms with Gasteiger partial charge in [-0.15, -0.1) is 0 Å². The van der Waals surface area contributed by atoms with Gasteiger partial charge in [0.2, 0.25) is 15.9 Å². The van der Waals surface area contributed by atoms with Crippen molar-refractivity contribution in [3.8, 4) is 5.88 Å². The number of pyridine rings is 1. The van der Waals surface area contributed by atoms with E-state index in [0.717, 1.165) is 11.1 Å². The predicted molar refractivity (Wildman–Crippen MR) is 103 cm³/mol. The maximum absolute atomic E-state index is 12.4. The van der Waals surface area contributed by atoms with Gasteiger partial charge in [-0.3, -0.25) is 0 Å². The number of rotatable bonds is 7. The summed E-state index contributed by atoms with van der Waals surface area (Å²) in [6.45, 7) is 0.556. The first-order valence-corrected chi connectivity index (χ1v) is 10.2. The largest absolute Gasteiger partial charge is 0.473 e. The molecule has 134 valence electrons. The Morgan fingerprint density at radius 3 is 2.54 bits per heavy atom. The Hall–Kier alpha value is -2.22. The average molecular weight is 433 g/mol. The summed E-state index contributed by atoms with van der Waals surface area (Å²) >= 11 is 3.28. The third-order valence-corrected chi connectivity index (χ3v) is 5.49. The van der Waals surface area contributed by atoms with Crippen molar-refractivity contribution in [1.29, 1.82) is 0 Å². The molecule has 0 unspecified atom stereocenters. The molecule has 0 aliphatic heterocycles. The second-order valence-electron chi connectivity index (χ2n) is 5.56. The van der Waals surface area contributed by atoms with E-state index in [1.54, 1.807) is 42.6 Å². The molecule has 26 heavy (non-hydrogen) atoms. The van der Waals surface area contributed by atoms with Gasteiger partial charge < -0.3 is 4.74 Å². The van der Waals surface area contributed by atoms with Crippen molar-refractivity contribution in [2.45, 2.75) is 18.0 Å². The van der Waals surface area contributed by atoms with Crippen LogP contribution in [0.2, 0.25) is 0 Å². The first kappa shape index (κ1) is 18.6. The maximum atomic E-state index is 12.4. The van der Waals surface area contributed by atoms with Crippen LogP contribution in [-0.4, -0.2) is 13.4 Å². The number of hydrogen-bond acceptors (Lipinski definition) is 4. The highest BCUT2D eigenvalue weighted by molar-refractivity contribution is 9.10. The Kier molecular flexibility index (Phi) is 6.03. The van der Waals surface area contributed by atoms with E-state index in [1.165, 1.54) is 0 Å². The molecule has 1 heterocycles. The fourth-order valence-corrected chi connectivity index (χ4v) is 3.88. The fourth-order valence-electron chi connectivity index (χ4n) is 2.27. The second-order valence-corrected chi connectivity index (χ2v) is 8.24. The number of ether oxygens (including phenoxy) is 1. The monoisotopic (exact) mass is 432 g/mol. The minimum absolute atomic E-state index is 0.152. The summed E-state index contributed by atoms with van der Waals surface area (Å²) < 4.78 is 33.7. The van der Waals surface area contributed by atoms with Crippen LogP contribution >= 0.6 is 15.9 Å². The van der Waals surface area contributed by atoms with E-state index in [1.807, 2.05) is 30.3 Å². The summed E-state index contributed by atoms with van der Waals surface area (Å²) in [4.78, 5) is 4.37. The van der Waals surface area contributed by atoms with Crippen LogP contribution in [-0.2, 0) is 23.2 Å². The van der Waals surface area contributed by atoms with Gasteiger partial charge in [0.25, 0.3) is 0 Å². The lowest BCUT2D eigenvalue weighted by Gasteiger charge is -2.09. The van der Waals surface area contributed by atoms with Crippen molar-refractivity contribution in [3.63, 3.8) is 0 Å². The van der Waals surface area contributed by atoms with E-state index in [-0.39, 0.29) is 11.4 Å². The number of aromatic nitrogens is 1. The van der Waals surface area contributed by atoms with Crippen molar-refractivity contribution in [2.75, 3.05) is 0 Å². The van der Waals surface area contributed by atoms with Crippen molar-refractivity contribution in [3.05, 3.63) is 88.5 Å². The van der Waals surface area contributed by atoms with E-state index < -0.39 is 10.0 Å². The third kappa shape index (κ3) is 5.14. The lowest BCUT2D eigenvalue weighted by Crippen LogP contribution is -2.23. The molecule has 3 rings (SSSR count). The quantitative estimate of drug-likeness (QED) is 0.614. The average Bonchev–Trinajstić information content (AvgIpc) is 2.66. The Bertz CT molecular complexity index is 979. The molecule has 0 atom stereocenters. The van der Waals surface area contributed by atoms with E-state index in [4.69, 9.17) is 4.74 Å². The van der Waals surface area contributed by atoms with Crippen LogP contribution in [0.25, 0.3) is 0 Å². The highest BCUT2D eigenvalue weighted by atomic mass is 79.9. The molecule has 0 aliphatic rings. The van der Waals surface area contributed by atoms with Crippen LogP contribution in [0.5, 0.6) is 5.88 Å². The molecule has 1 N–H and O–H groups in total. The van der Waals surface area contributed by atoms with E-state index >= 15 is 0 Å². The molecule has 0 radical (unpaired) electrons. The summed E-state index contributed by atoms with van der Waals surface area (Å²) in [6, 6.07) is 19.8.